The van der Waals surface area contributed by atoms with Gasteiger partial charge < -0.3 is 9.47 Å². The number of hydrazone groups is 1. The van der Waals surface area contributed by atoms with Crippen LogP contribution in [0.2, 0.25) is 0 Å². The summed E-state index contributed by atoms with van der Waals surface area (Å²) in [5, 5.41) is 9.46. The van der Waals surface area contributed by atoms with E-state index in [2.05, 4.69) is 25.6 Å². The van der Waals surface area contributed by atoms with Crippen molar-refractivity contribution in [2.75, 3.05) is 19.6 Å². The average molecular weight is 374 g/mol. The molecule has 8 heteroatoms. The zero-order chi connectivity index (χ0) is 19.3. The number of hydrogen-bond acceptors (Lipinski definition) is 7. The Morgan fingerprint density at radius 2 is 1.82 bits per heavy atom. The van der Waals surface area contributed by atoms with Gasteiger partial charge in [0.15, 0.2) is 11.5 Å². The molecule has 0 saturated heterocycles. The summed E-state index contributed by atoms with van der Waals surface area (Å²) < 4.78 is 12.2. The Morgan fingerprint density at radius 1 is 1.00 bits per heavy atom. The molecule has 0 unspecified atom stereocenters. The summed E-state index contributed by atoms with van der Waals surface area (Å²) in [6.45, 7) is 0. The van der Waals surface area contributed by atoms with Crippen LogP contribution >= 0.6 is 0 Å². The van der Waals surface area contributed by atoms with Gasteiger partial charge in [0.25, 0.3) is 0 Å². The third kappa shape index (κ3) is 3.48. The Morgan fingerprint density at radius 3 is 2.61 bits per heavy atom. The highest BCUT2D eigenvalue weighted by Crippen LogP contribution is 2.23. The van der Waals surface area contributed by atoms with Crippen molar-refractivity contribution in [2.45, 2.75) is 0 Å². The summed E-state index contributed by atoms with van der Waals surface area (Å²) in [4.78, 5) is 8.63. The molecule has 0 aliphatic carbocycles. The van der Waals surface area contributed by atoms with E-state index in [1.165, 1.54) is 6.33 Å². The van der Waals surface area contributed by atoms with Gasteiger partial charge in [0, 0.05) is 6.07 Å². The number of fused-ring (bicyclic) bond motifs is 1. The Bertz CT molecular complexity index is 1120. The second-order valence-corrected chi connectivity index (χ2v) is 5.86. The molecule has 4 aromatic rings. The normalized spacial score (nSPS) is 11.1. The predicted octanol–water partition coefficient (Wildman–Crippen LogP) is 3.28. The van der Waals surface area contributed by atoms with Crippen LogP contribution < -0.4 is 14.9 Å². The molecule has 140 valence electrons. The van der Waals surface area contributed by atoms with Gasteiger partial charge in [0.05, 0.1) is 37.7 Å². The van der Waals surface area contributed by atoms with Crippen molar-refractivity contribution in [1.82, 2.24) is 19.7 Å². The lowest BCUT2D eigenvalue weighted by atomic mass is 10.2. The zero-order valence-corrected chi connectivity index (χ0v) is 15.4. The quantitative estimate of drug-likeness (QED) is 0.412. The molecule has 2 heterocycles. The fraction of sp³-hybridized carbons (Fsp3) is 0.100. The number of hydrogen-bond donors (Lipinski definition) is 1. The molecule has 0 fully saturated rings. The van der Waals surface area contributed by atoms with Gasteiger partial charge in [-0.25, -0.2) is 14.6 Å². The maximum Gasteiger partial charge on any atom is 0.168 e. The summed E-state index contributed by atoms with van der Waals surface area (Å²) in [6.07, 6.45) is 4.89. The van der Waals surface area contributed by atoms with Crippen LogP contribution in [0.25, 0.3) is 16.7 Å². The first-order valence-electron chi connectivity index (χ1n) is 8.55. The van der Waals surface area contributed by atoms with E-state index in [4.69, 9.17) is 9.47 Å². The van der Waals surface area contributed by atoms with Crippen molar-refractivity contribution in [3.05, 3.63) is 66.6 Å². The van der Waals surface area contributed by atoms with Gasteiger partial charge in [0.1, 0.15) is 17.8 Å². The summed E-state index contributed by atoms with van der Waals surface area (Å²) in [7, 11) is 3.27. The van der Waals surface area contributed by atoms with Gasteiger partial charge in [0.2, 0.25) is 0 Å². The number of anilines is 1. The third-order valence-corrected chi connectivity index (χ3v) is 4.16. The van der Waals surface area contributed by atoms with Gasteiger partial charge in [-0.15, -0.1) is 0 Å². The second-order valence-electron chi connectivity index (χ2n) is 5.86. The minimum Gasteiger partial charge on any atom is -0.497 e. The fourth-order valence-corrected chi connectivity index (χ4v) is 2.72. The van der Waals surface area contributed by atoms with Crippen LogP contribution in [0.15, 0.2) is 66.2 Å². The van der Waals surface area contributed by atoms with Gasteiger partial charge in [-0.3, -0.25) is 5.43 Å². The maximum atomic E-state index is 5.29. The van der Waals surface area contributed by atoms with E-state index in [1.807, 2.05) is 48.5 Å². The molecule has 0 saturated carbocycles. The molecule has 0 aliphatic rings. The molecule has 0 atom stereocenters. The largest absolute Gasteiger partial charge is 0.497 e. The summed E-state index contributed by atoms with van der Waals surface area (Å²) in [6, 6.07) is 15.2. The van der Waals surface area contributed by atoms with Crippen LogP contribution in [0.1, 0.15) is 5.56 Å². The molecular weight excluding hydrogens is 356 g/mol. The average Bonchev–Trinajstić information content (AvgIpc) is 3.19. The number of methoxy groups -OCH3 is 2. The molecule has 1 N–H and O–H groups in total. The summed E-state index contributed by atoms with van der Waals surface area (Å²) in [5.74, 6) is 2.12. The molecule has 0 aliphatic heterocycles. The molecular formula is C20H18N6O2. The van der Waals surface area contributed by atoms with Gasteiger partial charge in [-0.05, 0) is 42.0 Å². The van der Waals surface area contributed by atoms with Crippen molar-refractivity contribution in [3.63, 3.8) is 0 Å². The number of rotatable bonds is 6. The van der Waals surface area contributed by atoms with E-state index in [-0.39, 0.29) is 0 Å². The van der Waals surface area contributed by atoms with Crippen molar-refractivity contribution in [3.8, 4) is 17.2 Å². The number of benzene rings is 2. The number of ether oxygens (including phenoxy) is 2. The topological polar surface area (TPSA) is 86.5 Å². The van der Waals surface area contributed by atoms with Crippen LogP contribution in [0.5, 0.6) is 11.5 Å². The van der Waals surface area contributed by atoms with Crippen LogP contribution in [0.3, 0.4) is 0 Å². The minimum atomic E-state index is 0.573. The molecule has 28 heavy (non-hydrogen) atoms. The van der Waals surface area contributed by atoms with Gasteiger partial charge >= 0.3 is 0 Å². The SMILES string of the molecule is COc1ccc(/C=N/Nc2ncnc3c2cnn3-c2cccc(OC)c2)cc1. The monoisotopic (exact) mass is 374 g/mol. The predicted molar refractivity (Wildman–Crippen MR) is 107 cm³/mol. The van der Waals surface area contributed by atoms with E-state index in [0.29, 0.717) is 11.5 Å². The lowest BCUT2D eigenvalue weighted by molar-refractivity contribution is 0.414. The number of nitrogens with one attached hydrogen (secondary N) is 1. The first-order valence-corrected chi connectivity index (χ1v) is 8.55. The first kappa shape index (κ1) is 17.5. The maximum absolute atomic E-state index is 5.29. The van der Waals surface area contributed by atoms with Crippen LogP contribution in [-0.2, 0) is 0 Å². The highest BCUT2D eigenvalue weighted by molar-refractivity contribution is 5.88. The van der Waals surface area contributed by atoms with Crippen molar-refractivity contribution < 1.29 is 9.47 Å². The van der Waals surface area contributed by atoms with Crippen molar-refractivity contribution >= 4 is 23.1 Å². The van der Waals surface area contributed by atoms with Gasteiger partial charge in [-0.1, -0.05) is 6.07 Å². The van der Waals surface area contributed by atoms with E-state index >= 15 is 0 Å². The van der Waals surface area contributed by atoms with Gasteiger partial charge in [-0.2, -0.15) is 10.2 Å². The molecule has 8 nitrogen and oxygen atoms in total. The Kier molecular flexibility index (Phi) is 4.83. The Hall–Kier alpha value is -3.94. The lowest BCUT2D eigenvalue weighted by Crippen LogP contribution is -2.00. The van der Waals surface area contributed by atoms with Crippen molar-refractivity contribution in [2.24, 2.45) is 5.10 Å². The van der Waals surface area contributed by atoms with Crippen LogP contribution in [0.4, 0.5) is 5.82 Å². The fourth-order valence-electron chi connectivity index (χ4n) is 2.72. The highest BCUT2D eigenvalue weighted by Gasteiger charge is 2.11. The van der Waals surface area contributed by atoms with E-state index < -0.39 is 0 Å². The molecule has 2 aromatic heterocycles. The minimum absolute atomic E-state index is 0.573. The van der Waals surface area contributed by atoms with E-state index in [1.54, 1.807) is 31.3 Å². The number of nitrogens with zero attached hydrogens (tertiary/aromatic N) is 5. The van der Waals surface area contributed by atoms with E-state index in [9.17, 15) is 0 Å². The van der Waals surface area contributed by atoms with E-state index in [0.717, 1.165) is 28.1 Å². The second kappa shape index (κ2) is 7.75. The third-order valence-electron chi connectivity index (χ3n) is 4.16. The zero-order valence-electron chi connectivity index (χ0n) is 15.4. The van der Waals surface area contributed by atoms with Crippen LogP contribution in [0, 0.1) is 0 Å². The molecule has 0 bridgehead atoms. The Labute approximate surface area is 161 Å². The lowest BCUT2D eigenvalue weighted by Gasteiger charge is -2.06. The molecule has 2 aromatic carbocycles. The van der Waals surface area contributed by atoms with Crippen molar-refractivity contribution in [1.29, 1.82) is 0 Å². The summed E-state index contributed by atoms with van der Waals surface area (Å²) in [5.41, 5.74) is 5.42. The number of aromatic nitrogens is 4. The summed E-state index contributed by atoms with van der Waals surface area (Å²) >= 11 is 0. The smallest absolute Gasteiger partial charge is 0.168 e. The van der Waals surface area contributed by atoms with Crippen LogP contribution in [-0.4, -0.2) is 40.2 Å². The Balaban J connectivity index is 1.60. The highest BCUT2D eigenvalue weighted by atomic mass is 16.5. The standard InChI is InChI=1S/C20H18N6O2/c1-27-16-8-6-14(7-9-16)11-23-25-19-18-12-24-26(20(18)22-13-21-19)15-4-3-5-17(10-15)28-2/h3-13H,1-2H3,(H,21,22,25)/b23-11+. The molecule has 4 rings (SSSR count). The first-order chi connectivity index (χ1) is 13.8. The molecule has 0 radical (unpaired) electrons. The molecule has 0 spiro atoms. The molecule has 0 amide bonds.